The Morgan fingerprint density at radius 3 is 2.53 bits per heavy atom. The Balaban J connectivity index is 1.44. The monoisotopic (exact) mass is 431 g/mol. The van der Waals surface area contributed by atoms with E-state index in [4.69, 9.17) is 11.6 Å². The zero-order valence-corrected chi connectivity index (χ0v) is 16.6. The fraction of sp³-hybridized carbons (Fsp3) is 0.190. The molecule has 0 saturated carbocycles. The number of H-pyrrole nitrogens is 1. The van der Waals surface area contributed by atoms with Crippen LogP contribution in [0.1, 0.15) is 27.9 Å². The molecule has 0 aliphatic rings. The number of aryl methyl sites for hydroxylation is 1. The summed E-state index contributed by atoms with van der Waals surface area (Å²) in [5.41, 5.74) is 3.54. The maximum Gasteiger partial charge on any atom is 0.433 e. The molecule has 0 aliphatic heterocycles. The first-order valence-electron chi connectivity index (χ1n) is 9.12. The minimum absolute atomic E-state index is 0.324. The molecule has 0 unspecified atom stereocenters. The third-order valence-electron chi connectivity index (χ3n) is 4.69. The van der Waals surface area contributed by atoms with Crippen molar-refractivity contribution in [3.8, 4) is 0 Å². The third kappa shape index (κ3) is 4.38. The number of aromatic nitrogens is 4. The van der Waals surface area contributed by atoms with Gasteiger partial charge in [-0.1, -0.05) is 23.7 Å². The van der Waals surface area contributed by atoms with E-state index in [-0.39, 0.29) is 0 Å². The number of fused-ring (bicyclic) bond motifs is 1. The zero-order valence-electron chi connectivity index (χ0n) is 15.9. The summed E-state index contributed by atoms with van der Waals surface area (Å²) in [4.78, 5) is 15.3. The highest BCUT2D eigenvalue weighted by Crippen LogP contribution is 2.27. The van der Waals surface area contributed by atoms with Gasteiger partial charge in [0.05, 0.1) is 5.02 Å². The van der Waals surface area contributed by atoms with Crippen molar-refractivity contribution in [1.29, 1.82) is 0 Å². The SMILES string of the molecule is Cc1cc(Cc2c[nH]c3ncc(Cl)cc23)cnc1NCc1ccc(C(F)(F)F)nc1. The molecule has 0 aliphatic carbocycles. The summed E-state index contributed by atoms with van der Waals surface area (Å²) in [6.45, 7) is 2.25. The molecule has 5 nitrogen and oxygen atoms in total. The van der Waals surface area contributed by atoms with E-state index in [1.807, 2.05) is 25.3 Å². The molecule has 0 saturated heterocycles. The lowest BCUT2D eigenvalue weighted by Gasteiger charge is -2.11. The Hall–Kier alpha value is -3.13. The predicted molar refractivity (Wildman–Crippen MR) is 109 cm³/mol. The molecule has 4 aromatic heterocycles. The second-order valence-corrected chi connectivity index (χ2v) is 7.39. The second-order valence-electron chi connectivity index (χ2n) is 6.95. The van der Waals surface area contributed by atoms with Crippen LogP contribution in [-0.4, -0.2) is 19.9 Å². The number of hydrogen-bond donors (Lipinski definition) is 2. The van der Waals surface area contributed by atoms with E-state index in [0.717, 1.165) is 33.8 Å². The van der Waals surface area contributed by atoms with Crippen molar-refractivity contribution in [2.24, 2.45) is 0 Å². The quantitative estimate of drug-likeness (QED) is 0.435. The van der Waals surface area contributed by atoms with Gasteiger partial charge in [0.25, 0.3) is 0 Å². The molecule has 9 heteroatoms. The lowest BCUT2D eigenvalue weighted by molar-refractivity contribution is -0.141. The minimum atomic E-state index is -4.44. The molecule has 4 heterocycles. The first-order valence-corrected chi connectivity index (χ1v) is 9.50. The number of aromatic amines is 1. The van der Waals surface area contributed by atoms with E-state index in [2.05, 4.69) is 25.3 Å². The lowest BCUT2D eigenvalue weighted by atomic mass is 10.1. The molecule has 0 aromatic carbocycles. The van der Waals surface area contributed by atoms with Crippen molar-refractivity contribution >= 4 is 28.5 Å². The van der Waals surface area contributed by atoms with Crippen LogP contribution in [0.25, 0.3) is 11.0 Å². The smallest absolute Gasteiger partial charge is 0.366 e. The van der Waals surface area contributed by atoms with Crippen molar-refractivity contribution in [3.63, 3.8) is 0 Å². The summed E-state index contributed by atoms with van der Waals surface area (Å²) >= 11 is 6.06. The number of nitrogens with zero attached hydrogens (tertiary/aromatic N) is 3. The van der Waals surface area contributed by atoms with Crippen molar-refractivity contribution in [3.05, 3.63) is 82.0 Å². The van der Waals surface area contributed by atoms with Gasteiger partial charge in [0.15, 0.2) is 0 Å². The first-order chi connectivity index (χ1) is 14.3. The number of rotatable bonds is 5. The number of halogens is 4. The lowest BCUT2D eigenvalue weighted by Crippen LogP contribution is -2.09. The Morgan fingerprint density at radius 2 is 1.83 bits per heavy atom. The molecule has 4 rings (SSSR count). The van der Waals surface area contributed by atoms with Crippen LogP contribution in [0.5, 0.6) is 0 Å². The summed E-state index contributed by atoms with van der Waals surface area (Å²) in [5, 5.41) is 4.69. The number of nitrogens with one attached hydrogen (secondary N) is 2. The Labute approximate surface area is 175 Å². The van der Waals surface area contributed by atoms with Crippen LogP contribution in [0, 0.1) is 6.92 Å². The van der Waals surface area contributed by atoms with Gasteiger partial charge in [0.2, 0.25) is 0 Å². The van der Waals surface area contributed by atoms with Gasteiger partial charge in [0, 0.05) is 43.1 Å². The van der Waals surface area contributed by atoms with Crippen LogP contribution in [-0.2, 0) is 19.1 Å². The van der Waals surface area contributed by atoms with E-state index < -0.39 is 11.9 Å². The van der Waals surface area contributed by atoms with Crippen LogP contribution in [0.2, 0.25) is 5.02 Å². The van der Waals surface area contributed by atoms with Gasteiger partial charge in [-0.25, -0.2) is 9.97 Å². The molecule has 0 amide bonds. The van der Waals surface area contributed by atoms with Crippen LogP contribution >= 0.6 is 11.6 Å². The molecular formula is C21H17ClF3N5. The maximum absolute atomic E-state index is 12.6. The fourth-order valence-corrected chi connectivity index (χ4v) is 3.35. The van der Waals surface area contributed by atoms with E-state index >= 15 is 0 Å². The van der Waals surface area contributed by atoms with Gasteiger partial charge in [-0.05, 0) is 41.3 Å². The minimum Gasteiger partial charge on any atom is -0.366 e. The maximum atomic E-state index is 12.6. The van der Waals surface area contributed by atoms with Crippen molar-refractivity contribution in [1.82, 2.24) is 19.9 Å². The Kier molecular flexibility index (Phi) is 5.34. The fourth-order valence-electron chi connectivity index (χ4n) is 3.20. The topological polar surface area (TPSA) is 66.5 Å². The zero-order chi connectivity index (χ0) is 21.3. The van der Waals surface area contributed by atoms with Crippen LogP contribution < -0.4 is 5.32 Å². The van der Waals surface area contributed by atoms with Gasteiger partial charge in [-0.15, -0.1) is 0 Å². The molecule has 0 fully saturated rings. The standard InChI is InChI=1S/C21H17ClF3N5/c1-12-4-14(5-15-10-29-20-17(15)6-16(22)11-30-20)9-28-19(12)27-8-13-2-3-18(26-7-13)21(23,24)25/h2-4,6-7,9-11H,5,8H2,1H3,(H,27,28)(H,29,30). The van der Waals surface area contributed by atoms with Gasteiger partial charge < -0.3 is 10.3 Å². The summed E-state index contributed by atoms with van der Waals surface area (Å²) in [7, 11) is 0. The average molecular weight is 432 g/mol. The predicted octanol–water partition coefficient (Wildman–Crippen LogP) is 5.54. The summed E-state index contributed by atoms with van der Waals surface area (Å²) in [6, 6.07) is 6.28. The highest BCUT2D eigenvalue weighted by Gasteiger charge is 2.31. The number of pyridine rings is 3. The van der Waals surface area contributed by atoms with Crippen LogP contribution in [0.3, 0.4) is 0 Å². The molecule has 30 heavy (non-hydrogen) atoms. The normalized spacial score (nSPS) is 11.8. The van der Waals surface area contributed by atoms with Crippen molar-refractivity contribution in [2.75, 3.05) is 5.32 Å². The molecule has 154 valence electrons. The summed E-state index contributed by atoms with van der Waals surface area (Å²) < 4.78 is 37.8. The molecule has 2 N–H and O–H groups in total. The first kappa shape index (κ1) is 20.2. The molecular weight excluding hydrogens is 415 g/mol. The average Bonchev–Trinajstić information content (AvgIpc) is 3.09. The highest BCUT2D eigenvalue weighted by molar-refractivity contribution is 6.31. The van der Waals surface area contributed by atoms with Crippen molar-refractivity contribution < 1.29 is 13.2 Å². The van der Waals surface area contributed by atoms with Crippen molar-refractivity contribution in [2.45, 2.75) is 26.1 Å². The van der Waals surface area contributed by atoms with E-state index in [0.29, 0.717) is 29.4 Å². The number of hydrogen-bond acceptors (Lipinski definition) is 4. The van der Waals surface area contributed by atoms with Gasteiger partial charge >= 0.3 is 6.18 Å². The van der Waals surface area contributed by atoms with Gasteiger partial charge in [0.1, 0.15) is 17.2 Å². The second kappa shape index (κ2) is 7.95. The molecule has 4 aromatic rings. The van der Waals surface area contributed by atoms with Gasteiger partial charge in [-0.3, -0.25) is 4.98 Å². The highest BCUT2D eigenvalue weighted by atomic mass is 35.5. The van der Waals surface area contributed by atoms with E-state index in [9.17, 15) is 13.2 Å². The molecule has 0 atom stereocenters. The summed E-state index contributed by atoms with van der Waals surface area (Å²) in [5.74, 6) is 0.669. The molecule has 0 bridgehead atoms. The van der Waals surface area contributed by atoms with Crippen LogP contribution in [0.4, 0.5) is 19.0 Å². The number of alkyl halides is 3. The molecule has 0 spiro atoms. The Bertz CT molecular complexity index is 1190. The largest absolute Gasteiger partial charge is 0.433 e. The third-order valence-corrected chi connectivity index (χ3v) is 4.89. The summed E-state index contributed by atoms with van der Waals surface area (Å²) in [6.07, 6.45) is 2.73. The van der Waals surface area contributed by atoms with E-state index in [1.54, 1.807) is 12.4 Å². The van der Waals surface area contributed by atoms with Crippen LogP contribution in [0.15, 0.2) is 49.1 Å². The van der Waals surface area contributed by atoms with Gasteiger partial charge in [-0.2, -0.15) is 13.2 Å². The number of anilines is 1. The molecule has 0 radical (unpaired) electrons. The Morgan fingerprint density at radius 1 is 1.03 bits per heavy atom. The van der Waals surface area contributed by atoms with E-state index in [1.165, 1.54) is 12.3 Å².